The van der Waals surface area contributed by atoms with E-state index in [1.807, 2.05) is 13.8 Å². The summed E-state index contributed by atoms with van der Waals surface area (Å²) >= 11 is 0. The second-order valence-electron chi connectivity index (χ2n) is 4.81. The molecule has 1 rings (SSSR count). The monoisotopic (exact) mass is 244 g/mol. The number of hydrogen-bond donors (Lipinski definition) is 3. The van der Waals surface area contributed by atoms with Crippen LogP contribution in [0.4, 0.5) is 0 Å². The predicted molar refractivity (Wildman–Crippen MR) is 65.4 cm³/mol. The fourth-order valence-corrected chi connectivity index (χ4v) is 2.09. The summed E-state index contributed by atoms with van der Waals surface area (Å²) in [4.78, 5) is 11.8. The Morgan fingerprint density at radius 1 is 1.71 bits per heavy atom. The van der Waals surface area contributed by atoms with Crippen molar-refractivity contribution in [1.29, 1.82) is 0 Å². The molecule has 1 fully saturated rings. The summed E-state index contributed by atoms with van der Waals surface area (Å²) < 4.78 is 5.31. The van der Waals surface area contributed by atoms with Crippen molar-refractivity contribution in [3.05, 3.63) is 0 Å². The molecule has 1 aliphatic heterocycles. The molecule has 1 aliphatic rings. The van der Waals surface area contributed by atoms with Crippen LogP contribution in [0, 0.1) is 5.92 Å². The van der Waals surface area contributed by atoms with Crippen LogP contribution >= 0.6 is 0 Å². The number of hydrogen-bond acceptors (Lipinski definition) is 4. The van der Waals surface area contributed by atoms with Gasteiger partial charge in [0.2, 0.25) is 5.91 Å². The number of nitrogens with one attached hydrogen (secondary N) is 1. The van der Waals surface area contributed by atoms with Crippen LogP contribution in [0.1, 0.15) is 33.1 Å². The van der Waals surface area contributed by atoms with Crippen LogP contribution in [0.25, 0.3) is 0 Å². The van der Waals surface area contributed by atoms with Gasteiger partial charge in [-0.15, -0.1) is 0 Å². The van der Waals surface area contributed by atoms with Crippen LogP contribution in [0.5, 0.6) is 0 Å². The van der Waals surface area contributed by atoms with E-state index in [0.29, 0.717) is 19.6 Å². The number of aliphatic hydroxyl groups is 1. The van der Waals surface area contributed by atoms with E-state index in [4.69, 9.17) is 10.5 Å². The second kappa shape index (κ2) is 6.33. The Hall–Kier alpha value is -0.650. The van der Waals surface area contributed by atoms with Crippen LogP contribution in [0.15, 0.2) is 0 Å². The minimum absolute atomic E-state index is 0.0677. The van der Waals surface area contributed by atoms with Gasteiger partial charge in [-0.05, 0) is 13.3 Å². The lowest BCUT2D eigenvalue weighted by molar-refractivity contribution is -0.126. The average Bonchev–Trinajstić information content (AvgIpc) is 2.64. The van der Waals surface area contributed by atoms with Gasteiger partial charge in [0.15, 0.2) is 0 Å². The SMILES string of the molecule is CCCC(CN)C(=O)NCC1(O)CCOC1C. The zero-order chi connectivity index (χ0) is 12.9. The molecule has 0 aromatic rings. The lowest BCUT2D eigenvalue weighted by atomic mass is 9.96. The first kappa shape index (κ1) is 14.4. The van der Waals surface area contributed by atoms with Crippen LogP contribution in [0.2, 0.25) is 0 Å². The summed E-state index contributed by atoms with van der Waals surface area (Å²) in [6.45, 7) is 4.99. The fraction of sp³-hybridized carbons (Fsp3) is 0.917. The lowest BCUT2D eigenvalue weighted by Gasteiger charge is -2.27. The van der Waals surface area contributed by atoms with E-state index in [0.717, 1.165) is 12.8 Å². The van der Waals surface area contributed by atoms with Crippen molar-refractivity contribution in [3.8, 4) is 0 Å². The Kier molecular flexibility index (Phi) is 5.36. The van der Waals surface area contributed by atoms with Gasteiger partial charge in [0.05, 0.1) is 12.0 Å². The van der Waals surface area contributed by atoms with E-state index >= 15 is 0 Å². The van der Waals surface area contributed by atoms with Crippen molar-refractivity contribution in [1.82, 2.24) is 5.32 Å². The number of amides is 1. The number of ether oxygens (including phenoxy) is 1. The minimum Gasteiger partial charge on any atom is -0.385 e. The van der Waals surface area contributed by atoms with E-state index in [9.17, 15) is 9.90 Å². The molecule has 0 saturated carbocycles. The molecule has 1 heterocycles. The van der Waals surface area contributed by atoms with Gasteiger partial charge in [0.25, 0.3) is 0 Å². The summed E-state index contributed by atoms with van der Waals surface area (Å²) in [7, 11) is 0. The molecular weight excluding hydrogens is 220 g/mol. The van der Waals surface area contributed by atoms with Gasteiger partial charge >= 0.3 is 0 Å². The van der Waals surface area contributed by atoms with E-state index in [2.05, 4.69) is 5.32 Å². The van der Waals surface area contributed by atoms with E-state index in [1.165, 1.54) is 0 Å². The summed E-state index contributed by atoms with van der Waals surface area (Å²) in [6.07, 6.45) is 2.05. The van der Waals surface area contributed by atoms with E-state index in [1.54, 1.807) is 0 Å². The third-order valence-electron chi connectivity index (χ3n) is 3.52. The first-order chi connectivity index (χ1) is 8.03. The van der Waals surface area contributed by atoms with Crippen LogP contribution in [-0.2, 0) is 9.53 Å². The van der Waals surface area contributed by atoms with Crippen molar-refractivity contribution in [2.45, 2.75) is 44.8 Å². The first-order valence-corrected chi connectivity index (χ1v) is 6.35. The molecule has 1 saturated heterocycles. The van der Waals surface area contributed by atoms with Gasteiger partial charge in [-0.2, -0.15) is 0 Å². The van der Waals surface area contributed by atoms with Crippen molar-refractivity contribution in [2.75, 3.05) is 19.7 Å². The third-order valence-corrected chi connectivity index (χ3v) is 3.52. The van der Waals surface area contributed by atoms with Crippen molar-refractivity contribution >= 4 is 5.91 Å². The van der Waals surface area contributed by atoms with Gasteiger partial charge in [0.1, 0.15) is 5.60 Å². The van der Waals surface area contributed by atoms with Crippen molar-refractivity contribution in [3.63, 3.8) is 0 Å². The minimum atomic E-state index is -0.930. The van der Waals surface area contributed by atoms with Crippen LogP contribution in [-0.4, -0.2) is 42.4 Å². The highest BCUT2D eigenvalue weighted by Gasteiger charge is 2.39. The molecule has 0 aromatic heterocycles. The van der Waals surface area contributed by atoms with Crippen LogP contribution in [0.3, 0.4) is 0 Å². The standard InChI is InChI=1S/C12H24N2O3/c1-3-4-10(7-13)11(15)14-8-12(16)5-6-17-9(12)2/h9-10,16H,3-8,13H2,1-2H3,(H,14,15). The number of nitrogens with two attached hydrogens (primary N) is 1. The molecule has 100 valence electrons. The Morgan fingerprint density at radius 3 is 2.88 bits per heavy atom. The van der Waals surface area contributed by atoms with Gasteiger partial charge in [0, 0.05) is 26.1 Å². The maximum absolute atomic E-state index is 11.8. The highest BCUT2D eigenvalue weighted by atomic mass is 16.5. The quantitative estimate of drug-likeness (QED) is 0.615. The molecule has 17 heavy (non-hydrogen) atoms. The van der Waals surface area contributed by atoms with E-state index in [-0.39, 0.29) is 24.5 Å². The first-order valence-electron chi connectivity index (χ1n) is 6.35. The molecule has 0 radical (unpaired) electrons. The normalized spacial score (nSPS) is 30.2. The Morgan fingerprint density at radius 2 is 2.41 bits per heavy atom. The number of carbonyl (C=O) groups excluding carboxylic acids is 1. The largest absolute Gasteiger partial charge is 0.385 e. The number of rotatable bonds is 6. The second-order valence-corrected chi connectivity index (χ2v) is 4.81. The molecule has 1 amide bonds. The van der Waals surface area contributed by atoms with Gasteiger partial charge in [-0.25, -0.2) is 0 Å². The molecule has 5 heteroatoms. The smallest absolute Gasteiger partial charge is 0.224 e. The maximum atomic E-state index is 11.8. The molecule has 3 atom stereocenters. The van der Waals surface area contributed by atoms with Gasteiger partial charge < -0.3 is 20.9 Å². The zero-order valence-corrected chi connectivity index (χ0v) is 10.7. The van der Waals surface area contributed by atoms with Crippen LogP contribution < -0.4 is 11.1 Å². The highest BCUT2D eigenvalue weighted by Crippen LogP contribution is 2.24. The topological polar surface area (TPSA) is 84.6 Å². The van der Waals surface area contributed by atoms with Gasteiger partial charge in [-0.3, -0.25) is 4.79 Å². The molecule has 0 aliphatic carbocycles. The predicted octanol–water partition coefficient (Wildman–Crippen LogP) is 0.0175. The molecule has 5 nitrogen and oxygen atoms in total. The molecule has 4 N–H and O–H groups in total. The third kappa shape index (κ3) is 3.66. The Balaban J connectivity index is 2.41. The maximum Gasteiger partial charge on any atom is 0.224 e. The fourth-order valence-electron chi connectivity index (χ4n) is 2.09. The zero-order valence-electron chi connectivity index (χ0n) is 10.7. The Bertz CT molecular complexity index is 260. The molecule has 0 aromatic carbocycles. The molecule has 0 spiro atoms. The summed E-state index contributed by atoms with van der Waals surface area (Å²) in [5.74, 6) is -0.219. The lowest BCUT2D eigenvalue weighted by Crippen LogP contribution is -2.49. The molecule has 3 unspecified atom stereocenters. The Labute approximate surface area is 103 Å². The highest BCUT2D eigenvalue weighted by molar-refractivity contribution is 5.78. The summed E-state index contributed by atoms with van der Waals surface area (Å²) in [5.41, 5.74) is 4.63. The van der Waals surface area contributed by atoms with Crippen molar-refractivity contribution in [2.24, 2.45) is 11.7 Å². The van der Waals surface area contributed by atoms with Gasteiger partial charge in [-0.1, -0.05) is 13.3 Å². The van der Waals surface area contributed by atoms with Crippen molar-refractivity contribution < 1.29 is 14.6 Å². The molecule has 0 bridgehead atoms. The van der Waals surface area contributed by atoms with E-state index < -0.39 is 5.60 Å². The average molecular weight is 244 g/mol. The summed E-state index contributed by atoms with van der Waals surface area (Å²) in [6, 6.07) is 0. The molecular formula is C12H24N2O3. The number of carbonyl (C=O) groups is 1. The summed E-state index contributed by atoms with van der Waals surface area (Å²) in [5, 5.41) is 13.0.